The summed E-state index contributed by atoms with van der Waals surface area (Å²) in [4.78, 5) is 12.5. The maximum atomic E-state index is 13.0. The van der Waals surface area contributed by atoms with Gasteiger partial charge in [-0.15, -0.1) is 10.2 Å². The molecule has 0 aliphatic carbocycles. The van der Waals surface area contributed by atoms with Crippen LogP contribution in [0, 0.1) is 0 Å². The molecule has 2 aromatic carbocycles. The van der Waals surface area contributed by atoms with Crippen molar-refractivity contribution in [2.75, 3.05) is 22.4 Å². The van der Waals surface area contributed by atoms with Gasteiger partial charge in [-0.2, -0.15) is 0 Å². The van der Waals surface area contributed by atoms with Crippen molar-refractivity contribution < 1.29 is 13.2 Å². The van der Waals surface area contributed by atoms with E-state index in [9.17, 15) is 13.2 Å². The van der Waals surface area contributed by atoms with Crippen LogP contribution in [0.1, 0.15) is 25.6 Å². The molecule has 0 bridgehead atoms. The Balaban J connectivity index is 1.68. The first-order chi connectivity index (χ1) is 14.7. The van der Waals surface area contributed by atoms with Crippen molar-refractivity contribution in [1.29, 1.82) is 0 Å². The van der Waals surface area contributed by atoms with Crippen LogP contribution in [-0.2, 0) is 21.9 Å². The monoisotopic (exact) mass is 459 g/mol. The van der Waals surface area contributed by atoms with Gasteiger partial charge in [-0.1, -0.05) is 49.9 Å². The highest BCUT2D eigenvalue weighted by Crippen LogP contribution is 2.24. The van der Waals surface area contributed by atoms with Crippen LogP contribution >= 0.6 is 11.8 Å². The molecule has 1 N–H and O–H groups in total. The number of carbonyl (C=O) groups excluding carboxylic acids is 1. The van der Waals surface area contributed by atoms with Gasteiger partial charge in [0.15, 0.2) is 5.16 Å². The number of thioether (sulfide) groups is 1. The first kappa shape index (κ1) is 22.8. The van der Waals surface area contributed by atoms with Gasteiger partial charge in [0.1, 0.15) is 5.82 Å². The highest BCUT2D eigenvalue weighted by atomic mass is 32.2. The number of anilines is 2. The molecule has 0 spiro atoms. The van der Waals surface area contributed by atoms with Crippen LogP contribution in [0.15, 0.2) is 64.6 Å². The van der Waals surface area contributed by atoms with Gasteiger partial charge in [0.05, 0.1) is 16.3 Å². The predicted molar refractivity (Wildman–Crippen MR) is 123 cm³/mol. The van der Waals surface area contributed by atoms with Gasteiger partial charge in [0.25, 0.3) is 10.0 Å². The zero-order chi connectivity index (χ0) is 22.6. The fourth-order valence-electron chi connectivity index (χ4n) is 2.95. The fourth-order valence-corrected chi connectivity index (χ4v) is 4.91. The summed E-state index contributed by atoms with van der Waals surface area (Å²) < 4.78 is 29.0. The molecule has 10 heteroatoms. The molecular formula is C21H25N5O3S2. The van der Waals surface area contributed by atoms with E-state index in [0.717, 1.165) is 5.82 Å². The highest BCUT2D eigenvalue weighted by molar-refractivity contribution is 7.99. The van der Waals surface area contributed by atoms with Crippen LogP contribution in [0.5, 0.6) is 0 Å². The molecule has 3 rings (SSSR count). The molecule has 0 unspecified atom stereocenters. The van der Waals surface area contributed by atoms with Crippen LogP contribution in [0.25, 0.3) is 0 Å². The molecule has 0 fully saturated rings. The predicted octanol–water partition coefficient (Wildman–Crippen LogP) is 3.49. The molecule has 0 saturated heterocycles. The Bertz CT molecular complexity index is 1160. The van der Waals surface area contributed by atoms with Gasteiger partial charge in [-0.3, -0.25) is 9.10 Å². The highest BCUT2D eigenvalue weighted by Gasteiger charge is 2.22. The standard InChI is InChI=1S/C21H25N5O3S2/c1-15(2)20-23-24-21(25(20)3)30-14-19(27)22-16-9-8-12-18(13-16)31(28,29)26(4)17-10-6-5-7-11-17/h5-13,15H,14H2,1-4H3,(H,22,27). The Morgan fingerprint density at radius 3 is 2.48 bits per heavy atom. The van der Waals surface area contributed by atoms with Gasteiger partial charge in [-0.05, 0) is 30.3 Å². The van der Waals surface area contributed by atoms with Crippen LogP contribution < -0.4 is 9.62 Å². The molecule has 0 radical (unpaired) electrons. The number of carbonyl (C=O) groups is 1. The van der Waals surface area contributed by atoms with Crippen LogP contribution in [0.3, 0.4) is 0 Å². The largest absolute Gasteiger partial charge is 0.325 e. The molecule has 1 aromatic heterocycles. The SMILES string of the molecule is CC(C)c1nnc(SCC(=O)Nc2cccc(S(=O)(=O)N(C)c3ccccc3)c2)n1C. The van der Waals surface area contributed by atoms with E-state index in [1.54, 1.807) is 36.4 Å². The minimum absolute atomic E-state index is 0.0965. The first-order valence-corrected chi connectivity index (χ1v) is 12.1. The van der Waals surface area contributed by atoms with E-state index >= 15 is 0 Å². The molecule has 1 heterocycles. The third kappa shape index (κ3) is 5.26. The molecular weight excluding hydrogens is 434 g/mol. The lowest BCUT2D eigenvalue weighted by molar-refractivity contribution is -0.113. The first-order valence-electron chi connectivity index (χ1n) is 9.66. The summed E-state index contributed by atoms with van der Waals surface area (Å²) in [5.74, 6) is 0.957. The maximum Gasteiger partial charge on any atom is 0.264 e. The van der Waals surface area contributed by atoms with E-state index < -0.39 is 10.0 Å². The van der Waals surface area contributed by atoms with Crippen LogP contribution in [0.4, 0.5) is 11.4 Å². The van der Waals surface area contributed by atoms with Gasteiger partial charge < -0.3 is 9.88 Å². The van der Waals surface area contributed by atoms with E-state index in [0.29, 0.717) is 16.5 Å². The summed E-state index contributed by atoms with van der Waals surface area (Å²) in [5.41, 5.74) is 0.965. The second kappa shape index (κ2) is 9.52. The number of hydrogen-bond acceptors (Lipinski definition) is 6. The lowest BCUT2D eigenvalue weighted by atomic mass is 10.2. The average molecular weight is 460 g/mol. The maximum absolute atomic E-state index is 13.0. The summed E-state index contributed by atoms with van der Waals surface area (Å²) in [6.07, 6.45) is 0. The Hall–Kier alpha value is -2.85. The molecule has 0 saturated carbocycles. The van der Waals surface area contributed by atoms with E-state index in [1.807, 2.05) is 31.5 Å². The Morgan fingerprint density at radius 1 is 1.13 bits per heavy atom. The second-order valence-corrected chi connectivity index (χ2v) is 10.1. The van der Waals surface area contributed by atoms with Crippen molar-refractivity contribution in [3.8, 4) is 0 Å². The zero-order valence-corrected chi connectivity index (χ0v) is 19.4. The summed E-state index contributed by atoms with van der Waals surface area (Å²) in [6, 6.07) is 15.0. The fraction of sp³-hybridized carbons (Fsp3) is 0.286. The zero-order valence-electron chi connectivity index (χ0n) is 17.8. The van der Waals surface area contributed by atoms with Gasteiger partial charge in [0.2, 0.25) is 5.91 Å². The quantitative estimate of drug-likeness (QED) is 0.518. The molecule has 0 aliphatic heterocycles. The summed E-state index contributed by atoms with van der Waals surface area (Å²) in [6.45, 7) is 4.06. The third-order valence-corrected chi connectivity index (χ3v) is 7.42. The molecule has 8 nitrogen and oxygen atoms in total. The minimum atomic E-state index is -3.76. The third-order valence-electron chi connectivity index (χ3n) is 4.61. The van der Waals surface area contributed by atoms with E-state index in [4.69, 9.17) is 0 Å². The number of hydrogen-bond donors (Lipinski definition) is 1. The number of nitrogens with zero attached hydrogens (tertiary/aromatic N) is 4. The number of nitrogens with one attached hydrogen (secondary N) is 1. The molecule has 31 heavy (non-hydrogen) atoms. The van der Waals surface area contributed by atoms with Crippen molar-refractivity contribution in [2.45, 2.75) is 29.8 Å². The van der Waals surface area contributed by atoms with E-state index in [-0.39, 0.29) is 22.5 Å². The number of sulfonamides is 1. The van der Waals surface area contributed by atoms with Crippen molar-refractivity contribution in [3.63, 3.8) is 0 Å². The number of amides is 1. The van der Waals surface area contributed by atoms with E-state index in [2.05, 4.69) is 15.5 Å². The molecule has 1 amide bonds. The second-order valence-electron chi connectivity index (χ2n) is 7.23. The lowest BCUT2D eigenvalue weighted by Gasteiger charge is -2.19. The van der Waals surface area contributed by atoms with Crippen molar-refractivity contribution in [3.05, 3.63) is 60.4 Å². The van der Waals surface area contributed by atoms with Crippen molar-refractivity contribution in [1.82, 2.24) is 14.8 Å². The van der Waals surface area contributed by atoms with Crippen LogP contribution in [-0.4, -0.2) is 41.9 Å². The van der Waals surface area contributed by atoms with Gasteiger partial charge in [0, 0.05) is 25.7 Å². The summed E-state index contributed by atoms with van der Waals surface area (Å²) >= 11 is 1.28. The minimum Gasteiger partial charge on any atom is -0.325 e. The molecule has 164 valence electrons. The van der Waals surface area contributed by atoms with Gasteiger partial charge in [-0.25, -0.2) is 8.42 Å². The molecule has 3 aromatic rings. The normalized spacial score (nSPS) is 11.5. The number of para-hydroxylation sites is 1. The molecule has 0 aliphatic rings. The summed E-state index contributed by atoms with van der Waals surface area (Å²) in [7, 11) is -0.394. The number of rotatable bonds is 8. The Morgan fingerprint density at radius 2 is 1.84 bits per heavy atom. The lowest BCUT2D eigenvalue weighted by Crippen LogP contribution is -2.26. The van der Waals surface area contributed by atoms with Crippen LogP contribution in [0.2, 0.25) is 0 Å². The number of benzene rings is 2. The average Bonchev–Trinajstić information content (AvgIpc) is 3.13. The van der Waals surface area contributed by atoms with Crippen molar-refractivity contribution in [2.24, 2.45) is 7.05 Å². The smallest absolute Gasteiger partial charge is 0.264 e. The van der Waals surface area contributed by atoms with Crippen molar-refractivity contribution >= 4 is 39.1 Å². The molecule has 0 atom stereocenters. The van der Waals surface area contributed by atoms with E-state index in [1.165, 1.54) is 35.2 Å². The Kier molecular flexibility index (Phi) is 7.01. The number of aromatic nitrogens is 3. The topological polar surface area (TPSA) is 97.2 Å². The Labute approximate surface area is 186 Å². The van der Waals surface area contributed by atoms with Gasteiger partial charge >= 0.3 is 0 Å². The summed E-state index contributed by atoms with van der Waals surface area (Å²) in [5, 5.41) is 11.7.